The van der Waals surface area contributed by atoms with Gasteiger partial charge in [0.2, 0.25) is 0 Å². The summed E-state index contributed by atoms with van der Waals surface area (Å²) in [4.78, 5) is 15.0. The highest BCUT2D eigenvalue weighted by molar-refractivity contribution is 6.09. The molecule has 0 saturated carbocycles. The van der Waals surface area contributed by atoms with Crippen molar-refractivity contribution < 1.29 is 0 Å². The molecule has 1 saturated heterocycles. The van der Waals surface area contributed by atoms with E-state index in [1.54, 1.807) is 6.33 Å². The molecule has 1 N–H and O–H groups in total. The lowest BCUT2D eigenvalue weighted by Crippen LogP contribution is -2.33. The number of aryl methyl sites for hydroxylation is 1. The molecule has 2 aromatic heterocycles. The Morgan fingerprint density at radius 3 is 2.81 bits per heavy atom. The van der Waals surface area contributed by atoms with Crippen LogP contribution in [0.15, 0.2) is 24.5 Å². The van der Waals surface area contributed by atoms with Crippen LogP contribution in [0.25, 0.3) is 21.9 Å². The molecule has 0 spiro atoms. The monoisotopic (exact) mass is 280 g/mol. The minimum Gasteiger partial charge on any atom is -0.355 e. The topological polar surface area (TPSA) is 44.8 Å². The average Bonchev–Trinajstić information content (AvgIpc) is 2.88. The fourth-order valence-electron chi connectivity index (χ4n) is 3.36. The van der Waals surface area contributed by atoms with Crippen molar-refractivity contribution in [3.05, 3.63) is 30.1 Å². The SMILES string of the molecule is Cc1cccc2[nH]c3c(N4CCC(C)CC4)ncnc3c12. The number of hydrogen-bond donors (Lipinski definition) is 1. The van der Waals surface area contributed by atoms with Gasteiger partial charge >= 0.3 is 0 Å². The predicted molar refractivity (Wildman–Crippen MR) is 86.7 cm³/mol. The van der Waals surface area contributed by atoms with Crippen LogP contribution >= 0.6 is 0 Å². The third-order valence-corrected chi connectivity index (χ3v) is 4.68. The Hall–Kier alpha value is -2.10. The van der Waals surface area contributed by atoms with Crippen molar-refractivity contribution in [2.75, 3.05) is 18.0 Å². The van der Waals surface area contributed by atoms with E-state index in [0.717, 1.165) is 41.4 Å². The summed E-state index contributed by atoms with van der Waals surface area (Å²) in [6, 6.07) is 6.34. The van der Waals surface area contributed by atoms with Gasteiger partial charge < -0.3 is 9.88 Å². The first-order valence-electron chi connectivity index (χ1n) is 7.71. The van der Waals surface area contributed by atoms with Crippen molar-refractivity contribution in [2.24, 2.45) is 5.92 Å². The molecule has 0 radical (unpaired) electrons. The van der Waals surface area contributed by atoms with Crippen molar-refractivity contribution in [3.63, 3.8) is 0 Å². The van der Waals surface area contributed by atoms with E-state index in [-0.39, 0.29) is 0 Å². The summed E-state index contributed by atoms with van der Waals surface area (Å²) in [5.74, 6) is 1.88. The lowest BCUT2D eigenvalue weighted by atomic mass is 9.99. The van der Waals surface area contributed by atoms with E-state index >= 15 is 0 Å². The van der Waals surface area contributed by atoms with Crippen LogP contribution in [-0.2, 0) is 0 Å². The minimum absolute atomic E-state index is 0.823. The normalized spacial score (nSPS) is 17.0. The van der Waals surface area contributed by atoms with Gasteiger partial charge in [-0.3, -0.25) is 0 Å². The highest BCUT2D eigenvalue weighted by atomic mass is 15.2. The Morgan fingerprint density at radius 1 is 1.19 bits per heavy atom. The van der Waals surface area contributed by atoms with Gasteiger partial charge in [0.1, 0.15) is 17.4 Å². The number of benzene rings is 1. The Labute approximate surface area is 124 Å². The minimum atomic E-state index is 0.823. The standard InChI is InChI=1S/C17H20N4/c1-11-6-8-21(9-7-11)17-16-15(18-10-19-17)14-12(2)4-3-5-13(14)20-16/h3-5,10-11,20H,6-9H2,1-2H3. The zero-order valence-electron chi connectivity index (χ0n) is 12.6. The fraction of sp³-hybridized carbons (Fsp3) is 0.412. The largest absolute Gasteiger partial charge is 0.355 e. The van der Waals surface area contributed by atoms with Crippen LogP contribution in [0, 0.1) is 12.8 Å². The maximum Gasteiger partial charge on any atom is 0.156 e. The van der Waals surface area contributed by atoms with Crippen molar-refractivity contribution in [1.82, 2.24) is 15.0 Å². The van der Waals surface area contributed by atoms with E-state index < -0.39 is 0 Å². The van der Waals surface area contributed by atoms with Gasteiger partial charge in [-0.15, -0.1) is 0 Å². The summed E-state index contributed by atoms with van der Waals surface area (Å²) < 4.78 is 0. The summed E-state index contributed by atoms with van der Waals surface area (Å²) in [5.41, 5.74) is 4.54. The van der Waals surface area contributed by atoms with Gasteiger partial charge in [-0.25, -0.2) is 9.97 Å². The van der Waals surface area contributed by atoms with Crippen LogP contribution in [-0.4, -0.2) is 28.0 Å². The number of fused-ring (bicyclic) bond motifs is 3. The Morgan fingerprint density at radius 2 is 2.00 bits per heavy atom. The maximum absolute atomic E-state index is 4.56. The predicted octanol–water partition coefficient (Wildman–Crippen LogP) is 3.66. The molecule has 0 unspecified atom stereocenters. The first-order chi connectivity index (χ1) is 10.2. The van der Waals surface area contributed by atoms with Crippen molar-refractivity contribution in [3.8, 4) is 0 Å². The first kappa shape index (κ1) is 12.6. The van der Waals surface area contributed by atoms with Crippen molar-refractivity contribution >= 4 is 27.8 Å². The second-order valence-corrected chi connectivity index (χ2v) is 6.21. The average molecular weight is 280 g/mol. The molecule has 0 atom stereocenters. The molecular weight excluding hydrogens is 260 g/mol. The highest BCUT2D eigenvalue weighted by Gasteiger charge is 2.21. The lowest BCUT2D eigenvalue weighted by molar-refractivity contribution is 0.437. The van der Waals surface area contributed by atoms with Crippen molar-refractivity contribution in [1.29, 1.82) is 0 Å². The molecule has 0 bridgehead atoms. The van der Waals surface area contributed by atoms with Gasteiger partial charge in [-0.1, -0.05) is 19.1 Å². The first-order valence-corrected chi connectivity index (χ1v) is 7.71. The zero-order chi connectivity index (χ0) is 14.4. The summed E-state index contributed by atoms with van der Waals surface area (Å²) in [5, 5.41) is 1.22. The molecule has 1 fully saturated rings. The molecule has 4 rings (SSSR count). The molecule has 1 aromatic carbocycles. The Balaban J connectivity index is 1.90. The number of nitrogens with one attached hydrogen (secondary N) is 1. The number of aromatic amines is 1. The van der Waals surface area contributed by atoms with Crippen LogP contribution < -0.4 is 4.90 Å². The summed E-state index contributed by atoms with van der Waals surface area (Å²) in [6.45, 7) is 6.64. The van der Waals surface area contributed by atoms with Gasteiger partial charge in [-0.2, -0.15) is 0 Å². The van der Waals surface area contributed by atoms with Crippen LogP contribution in [0.3, 0.4) is 0 Å². The van der Waals surface area contributed by atoms with Crippen LogP contribution in [0.2, 0.25) is 0 Å². The number of anilines is 1. The van der Waals surface area contributed by atoms with Gasteiger partial charge in [0, 0.05) is 24.0 Å². The van der Waals surface area contributed by atoms with Gasteiger partial charge in [0.15, 0.2) is 5.82 Å². The molecule has 1 aliphatic heterocycles. The summed E-state index contributed by atoms with van der Waals surface area (Å²) >= 11 is 0. The Bertz CT molecular complexity index is 797. The number of nitrogens with zero attached hydrogens (tertiary/aromatic N) is 3. The van der Waals surface area contributed by atoms with E-state index in [9.17, 15) is 0 Å². The molecule has 3 aromatic rings. The molecule has 4 heteroatoms. The smallest absolute Gasteiger partial charge is 0.156 e. The number of hydrogen-bond acceptors (Lipinski definition) is 3. The van der Waals surface area contributed by atoms with E-state index in [4.69, 9.17) is 0 Å². The lowest BCUT2D eigenvalue weighted by Gasteiger charge is -2.31. The quantitative estimate of drug-likeness (QED) is 0.740. The van der Waals surface area contributed by atoms with E-state index in [2.05, 4.69) is 51.9 Å². The molecule has 1 aliphatic rings. The molecule has 21 heavy (non-hydrogen) atoms. The molecule has 4 nitrogen and oxygen atoms in total. The Kier molecular flexibility index (Phi) is 2.84. The zero-order valence-corrected chi connectivity index (χ0v) is 12.6. The molecule has 0 aliphatic carbocycles. The molecule has 0 amide bonds. The van der Waals surface area contributed by atoms with Crippen molar-refractivity contribution in [2.45, 2.75) is 26.7 Å². The van der Waals surface area contributed by atoms with E-state index in [1.807, 2.05) is 0 Å². The maximum atomic E-state index is 4.56. The third-order valence-electron chi connectivity index (χ3n) is 4.68. The van der Waals surface area contributed by atoms with Crippen LogP contribution in [0.4, 0.5) is 5.82 Å². The van der Waals surface area contributed by atoms with Gasteiger partial charge in [0.05, 0.1) is 0 Å². The highest BCUT2D eigenvalue weighted by Crippen LogP contribution is 2.32. The number of H-pyrrole nitrogens is 1. The summed E-state index contributed by atoms with van der Waals surface area (Å²) in [7, 11) is 0. The fourth-order valence-corrected chi connectivity index (χ4v) is 3.36. The van der Waals surface area contributed by atoms with Gasteiger partial charge in [0.25, 0.3) is 0 Å². The second-order valence-electron chi connectivity index (χ2n) is 6.21. The number of piperidine rings is 1. The van der Waals surface area contributed by atoms with Gasteiger partial charge in [-0.05, 0) is 37.3 Å². The summed E-state index contributed by atoms with van der Waals surface area (Å²) in [6.07, 6.45) is 4.19. The second kappa shape index (κ2) is 4.72. The van der Waals surface area contributed by atoms with Crippen LogP contribution in [0.1, 0.15) is 25.3 Å². The van der Waals surface area contributed by atoms with Crippen LogP contribution in [0.5, 0.6) is 0 Å². The third kappa shape index (κ3) is 1.97. The molecule has 3 heterocycles. The molecular formula is C17H20N4. The molecule has 108 valence electrons. The number of aromatic nitrogens is 3. The van der Waals surface area contributed by atoms with E-state index in [1.165, 1.54) is 23.8 Å². The number of rotatable bonds is 1. The van der Waals surface area contributed by atoms with E-state index in [0.29, 0.717) is 0 Å².